The summed E-state index contributed by atoms with van der Waals surface area (Å²) in [5.74, 6) is 0.484. The number of halogens is 2. The molecule has 0 aliphatic carbocycles. The number of ether oxygens (including phenoxy) is 1. The minimum atomic E-state index is -0.251. The van der Waals surface area contributed by atoms with Crippen LogP contribution in [-0.2, 0) is 11.3 Å². The lowest BCUT2D eigenvalue weighted by molar-refractivity contribution is 0.180. The molecule has 0 radical (unpaired) electrons. The van der Waals surface area contributed by atoms with Gasteiger partial charge < -0.3 is 20.3 Å². The van der Waals surface area contributed by atoms with E-state index in [1.165, 1.54) is 12.1 Å². The van der Waals surface area contributed by atoms with Crippen molar-refractivity contribution < 1.29 is 9.13 Å². The first-order valence-electron chi connectivity index (χ1n) is 8.20. The van der Waals surface area contributed by atoms with Crippen LogP contribution in [0.5, 0.6) is 0 Å². The van der Waals surface area contributed by atoms with Gasteiger partial charge in [0.15, 0.2) is 5.96 Å². The third-order valence-electron chi connectivity index (χ3n) is 3.43. The Morgan fingerprint density at radius 1 is 1.33 bits per heavy atom. The molecule has 1 rings (SSSR count). The molecule has 136 valence electrons. The molecular weight excluding hydrogens is 375 g/mol. The Hall–Kier alpha value is -1.18. The fourth-order valence-corrected chi connectivity index (χ4v) is 2.50. The van der Waals surface area contributed by atoms with Gasteiger partial charge in [-0.1, -0.05) is 15.9 Å². The lowest BCUT2D eigenvalue weighted by Gasteiger charge is -2.18. The van der Waals surface area contributed by atoms with E-state index in [1.54, 1.807) is 13.2 Å². The summed E-state index contributed by atoms with van der Waals surface area (Å²) < 4.78 is 19.2. The van der Waals surface area contributed by atoms with Gasteiger partial charge in [0.05, 0.1) is 6.54 Å². The van der Waals surface area contributed by atoms with Crippen molar-refractivity contribution >= 4 is 21.9 Å². The van der Waals surface area contributed by atoms with E-state index in [0.717, 1.165) is 55.2 Å². The molecule has 24 heavy (non-hydrogen) atoms. The SMILES string of the molecule is CCNC(=NCc1cc(F)ccc1Br)NCCN(C)CCCOC. The van der Waals surface area contributed by atoms with Crippen LogP contribution in [0.15, 0.2) is 27.7 Å². The molecule has 5 nitrogen and oxygen atoms in total. The van der Waals surface area contributed by atoms with Crippen LogP contribution in [0.25, 0.3) is 0 Å². The van der Waals surface area contributed by atoms with Gasteiger partial charge in [-0.2, -0.15) is 0 Å². The van der Waals surface area contributed by atoms with Crippen molar-refractivity contribution in [3.63, 3.8) is 0 Å². The van der Waals surface area contributed by atoms with Crippen LogP contribution in [0.2, 0.25) is 0 Å². The smallest absolute Gasteiger partial charge is 0.191 e. The topological polar surface area (TPSA) is 48.9 Å². The van der Waals surface area contributed by atoms with E-state index in [0.29, 0.717) is 6.54 Å². The second kappa shape index (κ2) is 12.2. The summed E-state index contributed by atoms with van der Waals surface area (Å²) in [6.45, 7) is 6.70. The number of guanidine groups is 1. The molecule has 2 N–H and O–H groups in total. The molecule has 0 spiro atoms. The zero-order chi connectivity index (χ0) is 17.8. The van der Waals surface area contributed by atoms with Crippen molar-refractivity contribution in [2.45, 2.75) is 19.9 Å². The monoisotopic (exact) mass is 402 g/mol. The molecule has 0 saturated heterocycles. The molecule has 0 atom stereocenters. The highest BCUT2D eigenvalue weighted by Gasteiger charge is 2.03. The van der Waals surface area contributed by atoms with Crippen molar-refractivity contribution in [2.75, 3.05) is 46.9 Å². The van der Waals surface area contributed by atoms with Crippen LogP contribution in [0.4, 0.5) is 4.39 Å². The lowest BCUT2D eigenvalue weighted by atomic mass is 10.2. The Balaban J connectivity index is 2.46. The molecule has 1 aromatic rings. The minimum Gasteiger partial charge on any atom is -0.385 e. The summed E-state index contributed by atoms with van der Waals surface area (Å²) in [5, 5.41) is 6.51. The summed E-state index contributed by atoms with van der Waals surface area (Å²) in [4.78, 5) is 6.77. The summed E-state index contributed by atoms with van der Waals surface area (Å²) >= 11 is 3.43. The van der Waals surface area contributed by atoms with Crippen LogP contribution >= 0.6 is 15.9 Å². The second-order valence-electron chi connectivity index (χ2n) is 5.51. The van der Waals surface area contributed by atoms with Gasteiger partial charge in [-0.05, 0) is 44.2 Å². The number of aliphatic imine (C=N–C) groups is 1. The third kappa shape index (κ3) is 8.61. The van der Waals surface area contributed by atoms with E-state index in [2.05, 4.69) is 43.5 Å². The molecule has 0 aliphatic heterocycles. The van der Waals surface area contributed by atoms with Crippen molar-refractivity contribution in [3.05, 3.63) is 34.1 Å². The van der Waals surface area contributed by atoms with E-state index in [1.807, 2.05) is 6.92 Å². The van der Waals surface area contributed by atoms with Gasteiger partial charge in [0.25, 0.3) is 0 Å². The van der Waals surface area contributed by atoms with Crippen LogP contribution in [-0.4, -0.2) is 57.8 Å². The number of hydrogen-bond acceptors (Lipinski definition) is 3. The van der Waals surface area contributed by atoms with Crippen molar-refractivity contribution in [1.82, 2.24) is 15.5 Å². The maximum absolute atomic E-state index is 13.3. The molecular formula is C17H28BrFN4O. The van der Waals surface area contributed by atoms with Gasteiger partial charge in [-0.3, -0.25) is 0 Å². The predicted molar refractivity (Wildman–Crippen MR) is 101 cm³/mol. The Bertz CT molecular complexity index is 513. The van der Waals surface area contributed by atoms with Crippen molar-refractivity contribution in [1.29, 1.82) is 0 Å². The number of methoxy groups -OCH3 is 1. The van der Waals surface area contributed by atoms with E-state index in [9.17, 15) is 4.39 Å². The van der Waals surface area contributed by atoms with Gasteiger partial charge in [0.1, 0.15) is 5.82 Å². The molecule has 0 unspecified atom stereocenters. The first kappa shape index (κ1) is 20.9. The number of benzene rings is 1. The number of rotatable bonds is 10. The predicted octanol–water partition coefficient (Wildman–Crippen LogP) is 2.61. The zero-order valence-electron chi connectivity index (χ0n) is 14.7. The van der Waals surface area contributed by atoms with Crippen LogP contribution in [0.3, 0.4) is 0 Å². The summed E-state index contributed by atoms with van der Waals surface area (Å²) in [6, 6.07) is 4.64. The third-order valence-corrected chi connectivity index (χ3v) is 4.21. The van der Waals surface area contributed by atoms with Gasteiger partial charge in [0, 0.05) is 44.4 Å². The Morgan fingerprint density at radius 3 is 2.83 bits per heavy atom. The molecule has 0 heterocycles. The highest BCUT2D eigenvalue weighted by Crippen LogP contribution is 2.18. The first-order chi connectivity index (χ1) is 11.6. The van der Waals surface area contributed by atoms with E-state index < -0.39 is 0 Å². The highest BCUT2D eigenvalue weighted by molar-refractivity contribution is 9.10. The fourth-order valence-electron chi connectivity index (χ4n) is 2.13. The molecule has 7 heteroatoms. The average Bonchev–Trinajstić information content (AvgIpc) is 2.55. The fraction of sp³-hybridized carbons (Fsp3) is 0.588. The number of nitrogens with one attached hydrogen (secondary N) is 2. The minimum absolute atomic E-state index is 0.251. The van der Waals surface area contributed by atoms with E-state index in [-0.39, 0.29) is 5.82 Å². The van der Waals surface area contributed by atoms with Crippen molar-refractivity contribution in [3.8, 4) is 0 Å². The number of hydrogen-bond donors (Lipinski definition) is 2. The molecule has 1 aromatic carbocycles. The number of nitrogens with zero attached hydrogens (tertiary/aromatic N) is 2. The summed E-state index contributed by atoms with van der Waals surface area (Å²) in [5.41, 5.74) is 0.823. The van der Waals surface area contributed by atoms with Crippen LogP contribution in [0.1, 0.15) is 18.9 Å². The highest BCUT2D eigenvalue weighted by atomic mass is 79.9. The van der Waals surface area contributed by atoms with Crippen molar-refractivity contribution in [2.24, 2.45) is 4.99 Å². The van der Waals surface area contributed by atoms with Gasteiger partial charge in [-0.25, -0.2) is 9.38 Å². The molecule has 0 saturated carbocycles. The normalized spacial score (nSPS) is 11.8. The molecule has 0 aliphatic rings. The quantitative estimate of drug-likeness (QED) is 0.358. The summed E-state index contributed by atoms with van der Waals surface area (Å²) in [6.07, 6.45) is 1.02. The number of likely N-dealkylation sites (N-methyl/N-ethyl adjacent to an activating group) is 1. The summed E-state index contributed by atoms with van der Waals surface area (Å²) in [7, 11) is 3.81. The molecule has 0 aromatic heterocycles. The maximum atomic E-state index is 13.3. The Labute approximate surface area is 152 Å². The second-order valence-corrected chi connectivity index (χ2v) is 6.36. The van der Waals surface area contributed by atoms with Gasteiger partial charge in [0.2, 0.25) is 0 Å². The van der Waals surface area contributed by atoms with E-state index >= 15 is 0 Å². The van der Waals surface area contributed by atoms with Gasteiger partial charge in [-0.15, -0.1) is 0 Å². The molecule has 0 amide bonds. The Morgan fingerprint density at radius 2 is 2.12 bits per heavy atom. The molecule has 0 bridgehead atoms. The molecule has 0 fully saturated rings. The van der Waals surface area contributed by atoms with E-state index in [4.69, 9.17) is 4.74 Å². The largest absolute Gasteiger partial charge is 0.385 e. The van der Waals surface area contributed by atoms with Crippen LogP contribution in [0, 0.1) is 5.82 Å². The zero-order valence-corrected chi connectivity index (χ0v) is 16.3. The maximum Gasteiger partial charge on any atom is 0.191 e. The van der Waals surface area contributed by atoms with Crippen LogP contribution < -0.4 is 10.6 Å². The average molecular weight is 403 g/mol. The standard InChI is InChI=1S/C17H28BrFN4O/c1-4-20-17(21-8-10-23(2)9-5-11-24-3)22-13-14-12-15(19)6-7-16(14)18/h6-7,12H,4-5,8-11,13H2,1-3H3,(H2,20,21,22). The lowest BCUT2D eigenvalue weighted by Crippen LogP contribution is -2.41. The van der Waals surface area contributed by atoms with Gasteiger partial charge >= 0.3 is 0 Å². The first-order valence-corrected chi connectivity index (χ1v) is 8.99. The Kier molecular flexibility index (Phi) is 10.6.